The fourth-order valence-corrected chi connectivity index (χ4v) is 14.4. The molecule has 306 valence electrons. The second-order valence-corrected chi connectivity index (χ2v) is 27.2. The van der Waals surface area contributed by atoms with Crippen LogP contribution in [-0.4, -0.2) is 62.2 Å². The fourth-order valence-electron chi connectivity index (χ4n) is 7.36. The minimum atomic E-state index is -2.29. The van der Waals surface area contributed by atoms with E-state index in [0.29, 0.717) is 40.2 Å². The van der Waals surface area contributed by atoms with Gasteiger partial charge in [-0.1, -0.05) is 125 Å². The molecule has 0 unspecified atom stereocenters. The number of ether oxygens (including phenoxy) is 3. The lowest BCUT2D eigenvalue weighted by Crippen LogP contribution is -2.54. The Kier molecular flexibility index (Phi) is 20.8. The van der Waals surface area contributed by atoms with Gasteiger partial charge in [0.1, 0.15) is 11.5 Å². The third kappa shape index (κ3) is 13.8. The quantitative estimate of drug-likeness (QED) is 0.0639. The van der Waals surface area contributed by atoms with Gasteiger partial charge in [-0.2, -0.15) is 0 Å². The Bertz CT molecular complexity index is 1400. The van der Waals surface area contributed by atoms with Crippen LogP contribution in [0.15, 0.2) is 73.4 Å². The van der Waals surface area contributed by atoms with Crippen LogP contribution in [0.2, 0.25) is 34.8 Å². The highest BCUT2D eigenvalue weighted by Crippen LogP contribution is 2.46. The van der Waals surface area contributed by atoms with E-state index in [1.807, 2.05) is 24.3 Å². The average Bonchev–Trinajstić information content (AvgIpc) is 3.08. The molecule has 1 amide bonds. The molecule has 1 aromatic rings. The van der Waals surface area contributed by atoms with Crippen LogP contribution < -0.4 is 14.8 Å². The summed E-state index contributed by atoms with van der Waals surface area (Å²) in [5.74, 6) is 1.17. The molecule has 0 aromatic heterocycles. The van der Waals surface area contributed by atoms with Crippen LogP contribution in [0.5, 0.6) is 11.5 Å². The summed E-state index contributed by atoms with van der Waals surface area (Å²) in [6.45, 7) is 37.9. The van der Waals surface area contributed by atoms with Gasteiger partial charge in [-0.15, -0.1) is 0 Å². The number of allylic oxidation sites excluding steroid dienone is 5. The van der Waals surface area contributed by atoms with Crippen molar-refractivity contribution >= 4 is 28.2 Å². The molecule has 1 N–H and O–H groups in total. The van der Waals surface area contributed by atoms with Crippen molar-refractivity contribution < 1.29 is 27.9 Å². The number of anilines is 1. The molecular weight excluding hydrogens is 707 g/mol. The number of aryl methyl sites for hydroxylation is 1. The number of nitrogens with one attached hydrogen (secondary N) is 1. The minimum absolute atomic E-state index is 0.0248. The first-order valence-electron chi connectivity index (χ1n) is 19.8. The van der Waals surface area contributed by atoms with E-state index in [2.05, 4.69) is 120 Å². The van der Waals surface area contributed by atoms with Gasteiger partial charge in [0.15, 0.2) is 8.32 Å². The van der Waals surface area contributed by atoms with E-state index in [9.17, 15) is 4.79 Å². The van der Waals surface area contributed by atoms with Crippen LogP contribution in [0.25, 0.3) is 0 Å². The first-order chi connectivity index (χ1) is 25.2. The van der Waals surface area contributed by atoms with E-state index in [1.165, 1.54) is 5.57 Å². The Balaban J connectivity index is 3.71. The van der Waals surface area contributed by atoms with E-state index in [0.717, 1.165) is 18.4 Å². The minimum Gasteiger partial charge on any atom is -0.497 e. The first-order valence-corrected chi connectivity index (χ1v) is 24.9. The Labute approximate surface area is 333 Å². The molecule has 0 aliphatic heterocycles. The molecule has 0 heterocycles. The second-order valence-electron chi connectivity index (χ2n) is 17.0. The molecule has 0 saturated carbocycles. The normalized spacial score (nSPS) is 15.6. The number of carbonyl (C=O) groups excluding carboxylic acids is 1. The van der Waals surface area contributed by atoms with Gasteiger partial charge in [-0.25, -0.2) is 0 Å². The van der Waals surface area contributed by atoms with Gasteiger partial charge in [0.05, 0.1) is 44.6 Å². The molecule has 54 heavy (non-hydrogen) atoms. The summed E-state index contributed by atoms with van der Waals surface area (Å²) in [5, 5.41) is 3.11. The molecule has 7 nitrogen and oxygen atoms in total. The number of methoxy groups -OCH3 is 3. The zero-order valence-corrected chi connectivity index (χ0v) is 38.9. The monoisotopic (exact) mass is 784 g/mol. The summed E-state index contributed by atoms with van der Waals surface area (Å²) >= 11 is 0. The van der Waals surface area contributed by atoms with E-state index >= 15 is 0 Å². The molecule has 1 aromatic carbocycles. The van der Waals surface area contributed by atoms with E-state index in [1.54, 1.807) is 39.5 Å². The molecule has 4 atom stereocenters. The summed E-state index contributed by atoms with van der Waals surface area (Å²) in [5.41, 5.74) is 4.04. The number of hydrogen-bond donors (Lipinski definition) is 1. The highest BCUT2D eigenvalue weighted by molar-refractivity contribution is 6.77. The van der Waals surface area contributed by atoms with Crippen molar-refractivity contribution in [3.8, 4) is 11.5 Å². The molecule has 0 aliphatic carbocycles. The zero-order chi connectivity index (χ0) is 41.4. The number of benzene rings is 1. The van der Waals surface area contributed by atoms with Gasteiger partial charge >= 0.3 is 0 Å². The van der Waals surface area contributed by atoms with Crippen LogP contribution >= 0.6 is 0 Å². The molecular formula is C45H77NO6Si2. The second kappa shape index (κ2) is 22.8. The molecule has 0 aliphatic rings. The van der Waals surface area contributed by atoms with Gasteiger partial charge in [-0.05, 0) is 72.6 Å². The average molecular weight is 784 g/mol. The molecule has 0 fully saturated rings. The van der Waals surface area contributed by atoms with Crippen LogP contribution in [0.3, 0.4) is 0 Å². The predicted molar refractivity (Wildman–Crippen MR) is 236 cm³/mol. The number of rotatable bonds is 24. The maximum atomic E-state index is 13.1. The number of carbonyl (C=O) groups is 1. The van der Waals surface area contributed by atoms with E-state index in [-0.39, 0.29) is 41.6 Å². The Hall–Kier alpha value is -2.70. The van der Waals surface area contributed by atoms with Crippen LogP contribution in [0, 0.1) is 5.92 Å². The number of hydrogen-bond acceptors (Lipinski definition) is 6. The standard InChI is InChI=1S/C45H77NO6Si2/c1-19-21-23-28-41(51-53(17,18)45(11,12)13)36(10)43(52-54(32(3)4,33(5)6)34(7)8)35(9)25-24-26-37-29-39(49-15)30-40(44(37)50-16)46-42(47)31-38(48-14)27-22-20-2/h19-23,25,27,29-30,32-34,36,38,41,43H,1-2,24,26,28,31H2,3-18H3,(H,46,47)/b23-21+,27-22+,35-25?/t36-,38-,41-,43-/m0/s1. The van der Waals surface area contributed by atoms with Crippen LogP contribution in [0.1, 0.15) is 101 Å². The van der Waals surface area contributed by atoms with Crippen molar-refractivity contribution in [2.45, 2.75) is 155 Å². The summed E-state index contributed by atoms with van der Waals surface area (Å²) in [6, 6.07) is 3.79. The lowest BCUT2D eigenvalue weighted by Gasteiger charge is -2.48. The summed E-state index contributed by atoms with van der Waals surface area (Å²) < 4.78 is 32.0. The van der Waals surface area contributed by atoms with E-state index in [4.69, 9.17) is 23.1 Å². The van der Waals surface area contributed by atoms with Crippen molar-refractivity contribution in [1.29, 1.82) is 0 Å². The predicted octanol–water partition coefficient (Wildman–Crippen LogP) is 12.4. The third-order valence-corrected chi connectivity index (χ3v) is 21.9. The van der Waals surface area contributed by atoms with Crippen molar-refractivity contribution in [2.24, 2.45) is 5.92 Å². The van der Waals surface area contributed by atoms with Gasteiger partial charge in [0.2, 0.25) is 14.2 Å². The van der Waals surface area contributed by atoms with Crippen molar-refractivity contribution in [2.75, 3.05) is 26.6 Å². The maximum Gasteiger partial charge on any atom is 0.227 e. The van der Waals surface area contributed by atoms with Crippen molar-refractivity contribution in [3.05, 3.63) is 79.0 Å². The maximum absolute atomic E-state index is 13.1. The van der Waals surface area contributed by atoms with Crippen molar-refractivity contribution in [1.82, 2.24) is 0 Å². The fraction of sp³-hybridized carbons (Fsp3) is 0.622. The lowest BCUT2D eigenvalue weighted by molar-refractivity contribution is -0.117. The summed E-state index contributed by atoms with van der Waals surface area (Å²) in [4.78, 5) is 13.1. The topological polar surface area (TPSA) is 75.2 Å². The summed E-state index contributed by atoms with van der Waals surface area (Å²) in [7, 11) is 0.451. The molecule has 1 rings (SSSR count). The van der Waals surface area contributed by atoms with Gasteiger partial charge in [0.25, 0.3) is 0 Å². The molecule has 0 spiro atoms. The summed E-state index contributed by atoms with van der Waals surface area (Å²) in [6.07, 6.45) is 15.5. The third-order valence-electron chi connectivity index (χ3n) is 11.3. The SMILES string of the molecule is C=C/C=C/C[C@H](O[Si](C)(C)C(C)(C)C)[C@H](C)[C@@H](O[Si](C(C)C)(C(C)C)C(C)C)C(C)=CCCc1cc(OC)cc(NC(=O)C[C@H](/C=C/C=C)OC)c1OC. The highest BCUT2D eigenvalue weighted by atomic mass is 28.4. The molecule has 0 radical (unpaired) electrons. The van der Waals surface area contributed by atoms with Crippen LogP contribution in [0.4, 0.5) is 5.69 Å². The van der Waals surface area contributed by atoms with Gasteiger partial charge in [0, 0.05) is 24.7 Å². The van der Waals surface area contributed by atoms with Gasteiger partial charge < -0.3 is 28.4 Å². The number of amides is 1. The highest BCUT2D eigenvalue weighted by Gasteiger charge is 2.49. The smallest absolute Gasteiger partial charge is 0.227 e. The zero-order valence-electron chi connectivity index (χ0n) is 36.9. The van der Waals surface area contributed by atoms with Gasteiger partial charge in [-0.3, -0.25) is 4.79 Å². The Morgan fingerprint density at radius 1 is 0.889 bits per heavy atom. The molecule has 9 heteroatoms. The molecule has 0 bridgehead atoms. The van der Waals surface area contributed by atoms with Crippen molar-refractivity contribution in [3.63, 3.8) is 0 Å². The Morgan fingerprint density at radius 2 is 1.48 bits per heavy atom. The van der Waals surface area contributed by atoms with Crippen LogP contribution in [-0.2, 0) is 24.8 Å². The first kappa shape index (κ1) is 49.3. The largest absolute Gasteiger partial charge is 0.497 e. The Morgan fingerprint density at radius 3 is 1.96 bits per heavy atom. The molecule has 0 saturated heterocycles. The lowest BCUT2D eigenvalue weighted by atomic mass is 9.90. The van der Waals surface area contributed by atoms with E-state index < -0.39 is 16.6 Å².